The number of carbonyl (C=O) groups is 1. The van der Waals surface area contributed by atoms with Crippen LogP contribution in [0.1, 0.15) is 38.1 Å². The summed E-state index contributed by atoms with van der Waals surface area (Å²) in [4.78, 5) is 12.2. The number of benzene rings is 1. The van der Waals surface area contributed by atoms with Crippen molar-refractivity contribution in [3.05, 3.63) is 42.5 Å². The lowest BCUT2D eigenvalue weighted by Crippen LogP contribution is -2.57. The molecular weight excluding hydrogens is 254 g/mol. The standard InChI is InChI=1S/C16H23NO3/c1-6-11-20-13-9-7-12(8-10-13)14(18)17-15(2,3)16(4,5)19/h6-10,19H,1,11H2,2-5H3,(H,17,18). The van der Waals surface area contributed by atoms with Gasteiger partial charge in [0.1, 0.15) is 12.4 Å². The fourth-order valence-corrected chi connectivity index (χ4v) is 1.37. The Morgan fingerprint density at radius 1 is 1.30 bits per heavy atom. The Kier molecular flexibility index (Phi) is 4.95. The lowest BCUT2D eigenvalue weighted by Gasteiger charge is -2.38. The molecule has 1 rings (SSSR count). The summed E-state index contributed by atoms with van der Waals surface area (Å²) >= 11 is 0. The Morgan fingerprint density at radius 2 is 1.85 bits per heavy atom. The van der Waals surface area contributed by atoms with Gasteiger partial charge in [-0.3, -0.25) is 4.79 Å². The summed E-state index contributed by atoms with van der Waals surface area (Å²) in [6, 6.07) is 6.84. The third kappa shape index (κ3) is 4.10. The minimum absolute atomic E-state index is 0.229. The van der Waals surface area contributed by atoms with Crippen molar-refractivity contribution in [1.29, 1.82) is 0 Å². The Bertz CT molecular complexity index is 469. The van der Waals surface area contributed by atoms with Gasteiger partial charge in [-0.05, 0) is 52.0 Å². The summed E-state index contributed by atoms with van der Waals surface area (Å²) in [5.74, 6) is 0.454. The van der Waals surface area contributed by atoms with Crippen molar-refractivity contribution in [3.63, 3.8) is 0 Å². The average Bonchev–Trinajstić information content (AvgIpc) is 2.35. The molecule has 0 saturated carbocycles. The molecule has 0 aromatic heterocycles. The van der Waals surface area contributed by atoms with Crippen LogP contribution < -0.4 is 10.1 Å². The zero-order valence-corrected chi connectivity index (χ0v) is 12.6. The first-order valence-electron chi connectivity index (χ1n) is 6.56. The topological polar surface area (TPSA) is 58.6 Å². The number of rotatable bonds is 6. The van der Waals surface area contributed by atoms with E-state index in [9.17, 15) is 9.90 Å². The molecule has 1 aromatic rings. The molecule has 0 saturated heterocycles. The number of hydrogen-bond acceptors (Lipinski definition) is 3. The predicted octanol–water partition coefficient (Wildman–Crippen LogP) is 2.53. The van der Waals surface area contributed by atoms with Gasteiger partial charge in [-0.1, -0.05) is 12.7 Å². The Hall–Kier alpha value is -1.81. The molecule has 1 amide bonds. The predicted molar refractivity (Wildman–Crippen MR) is 80.0 cm³/mol. The highest BCUT2D eigenvalue weighted by Gasteiger charge is 2.36. The summed E-state index contributed by atoms with van der Waals surface area (Å²) in [5, 5.41) is 12.9. The van der Waals surface area contributed by atoms with Gasteiger partial charge in [-0.2, -0.15) is 0 Å². The lowest BCUT2D eigenvalue weighted by molar-refractivity contribution is -0.00292. The summed E-state index contributed by atoms with van der Waals surface area (Å²) in [6.45, 7) is 10.9. The normalized spacial score (nSPS) is 11.8. The van der Waals surface area contributed by atoms with Crippen molar-refractivity contribution in [1.82, 2.24) is 5.32 Å². The van der Waals surface area contributed by atoms with E-state index in [1.165, 1.54) is 0 Å². The maximum atomic E-state index is 12.2. The molecule has 0 aliphatic carbocycles. The second-order valence-electron chi connectivity index (χ2n) is 5.76. The molecule has 0 unspecified atom stereocenters. The van der Waals surface area contributed by atoms with E-state index in [1.54, 1.807) is 58.0 Å². The summed E-state index contributed by atoms with van der Waals surface area (Å²) in [5.41, 5.74) is -1.23. The van der Waals surface area contributed by atoms with Crippen molar-refractivity contribution < 1.29 is 14.6 Å². The fourth-order valence-electron chi connectivity index (χ4n) is 1.37. The van der Waals surface area contributed by atoms with Crippen LogP contribution in [0.4, 0.5) is 0 Å². The van der Waals surface area contributed by atoms with E-state index in [0.29, 0.717) is 17.9 Å². The van der Waals surface area contributed by atoms with Crippen molar-refractivity contribution in [2.24, 2.45) is 0 Å². The van der Waals surface area contributed by atoms with Gasteiger partial charge in [0.05, 0.1) is 11.1 Å². The van der Waals surface area contributed by atoms with Gasteiger partial charge < -0.3 is 15.2 Å². The molecule has 4 heteroatoms. The smallest absolute Gasteiger partial charge is 0.251 e. The second kappa shape index (κ2) is 6.09. The van der Waals surface area contributed by atoms with Crippen LogP contribution in [-0.4, -0.2) is 28.8 Å². The first kappa shape index (κ1) is 16.2. The third-order valence-corrected chi connectivity index (χ3v) is 3.44. The Labute approximate surface area is 120 Å². The first-order valence-corrected chi connectivity index (χ1v) is 6.56. The maximum Gasteiger partial charge on any atom is 0.251 e. The third-order valence-electron chi connectivity index (χ3n) is 3.44. The molecule has 1 aromatic carbocycles. The largest absolute Gasteiger partial charge is 0.490 e. The number of carbonyl (C=O) groups excluding carboxylic acids is 1. The lowest BCUT2D eigenvalue weighted by atomic mass is 9.86. The van der Waals surface area contributed by atoms with Crippen LogP contribution in [-0.2, 0) is 0 Å². The number of amides is 1. The molecule has 0 aliphatic heterocycles. The zero-order chi connectivity index (χ0) is 15.4. The molecule has 0 spiro atoms. The van der Waals surface area contributed by atoms with Crippen LogP contribution in [0.3, 0.4) is 0 Å². The molecule has 0 bridgehead atoms. The van der Waals surface area contributed by atoms with Gasteiger partial charge in [0.25, 0.3) is 5.91 Å². The Balaban J connectivity index is 2.76. The van der Waals surface area contributed by atoms with Gasteiger partial charge in [-0.25, -0.2) is 0 Å². The number of ether oxygens (including phenoxy) is 1. The van der Waals surface area contributed by atoms with E-state index in [0.717, 1.165) is 0 Å². The monoisotopic (exact) mass is 277 g/mol. The van der Waals surface area contributed by atoms with Crippen LogP contribution in [0.2, 0.25) is 0 Å². The Morgan fingerprint density at radius 3 is 2.30 bits per heavy atom. The van der Waals surface area contributed by atoms with Crippen LogP contribution >= 0.6 is 0 Å². The highest BCUT2D eigenvalue weighted by atomic mass is 16.5. The summed E-state index contributed by atoms with van der Waals surface area (Å²) in [7, 11) is 0. The minimum atomic E-state index is -1.02. The highest BCUT2D eigenvalue weighted by molar-refractivity contribution is 5.94. The van der Waals surface area contributed by atoms with E-state index < -0.39 is 11.1 Å². The van der Waals surface area contributed by atoms with Crippen molar-refractivity contribution in [3.8, 4) is 5.75 Å². The van der Waals surface area contributed by atoms with Gasteiger partial charge >= 0.3 is 0 Å². The van der Waals surface area contributed by atoms with Crippen molar-refractivity contribution in [2.45, 2.75) is 38.8 Å². The molecule has 0 atom stereocenters. The SMILES string of the molecule is C=CCOc1ccc(C(=O)NC(C)(C)C(C)(C)O)cc1. The maximum absolute atomic E-state index is 12.2. The molecule has 0 aliphatic rings. The molecule has 0 fully saturated rings. The fraction of sp³-hybridized carbons (Fsp3) is 0.438. The summed E-state index contributed by atoms with van der Waals surface area (Å²) < 4.78 is 5.36. The van der Waals surface area contributed by atoms with E-state index in [1.807, 2.05) is 0 Å². The highest BCUT2D eigenvalue weighted by Crippen LogP contribution is 2.21. The van der Waals surface area contributed by atoms with Crippen molar-refractivity contribution in [2.75, 3.05) is 6.61 Å². The van der Waals surface area contributed by atoms with Crippen LogP contribution in [0.5, 0.6) is 5.75 Å². The first-order chi connectivity index (χ1) is 9.17. The van der Waals surface area contributed by atoms with E-state index in [2.05, 4.69) is 11.9 Å². The molecular formula is C16H23NO3. The molecule has 0 heterocycles. The molecule has 2 N–H and O–H groups in total. The number of nitrogens with one attached hydrogen (secondary N) is 1. The van der Waals surface area contributed by atoms with E-state index in [4.69, 9.17) is 4.74 Å². The van der Waals surface area contributed by atoms with Crippen LogP contribution in [0.15, 0.2) is 36.9 Å². The van der Waals surface area contributed by atoms with Crippen LogP contribution in [0.25, 0.3) is 0 Å². The van der Waals surface area contributed by atoms with Gasteiger partial charge in [0.2, 0.25) is 0 Å². The number of aliphatic hydroxyl groups is 1. The van der Waals surface area contributed by atoms with Crippen molar-refractivity contribution >= 4 is 5.91 Å². The van der Waals surface area contributed by atoms with Gasteiger partial charge in [-0.15, -0.1) is 0 Å². The quantitative estimate of drug-likeness (QED) is 0.786. The van der Waals surface area contributed by atoms with Gasteiger partial charge in [0.15, 0.2) is 0 Å². The van der Waals surface area contributed by atoms with Crippen LogP contribution in [0, 0.1) is 0 Å². The van der Waals surface area contributed by atoms with Gasteiger partial charge in [0, 0.05) is 5.56 Å². The van der Waals surface area contributed by atoms with E-state index >= 15 is 0 Å². The average molecular weight is 277 g/mol. The molecule has 20 heavy (non-hydrogen) atoms. The van der Waals surface area contributed by atoms with E-state index in [-0.39, 0.29) is 5.91 Å². The molecule has 0 radical (unpaired) electrons. The zero-order valence-electron chi connectivity index (χ0n) is 12.6. The molecule has 110 valence electrons. The second-order valence-corrected chi connectivity index (χ2v) is 5.76. The minimum Gasteiger partial charge on any atom is -0.490 e. The molecule has 4 nitrogen and oxygen atoms in total. The number of hydrogen-bond donors (Lipinski definition) is 2. The summed E-state index contributed by atoms with van der Waals surface area (Å²) in [6.07, 6.45) is 1.66.